The molecule has 0 aromatic rings. The molecule has 0 bridgehead atoms. The van der Waals surface area contributed by atoms with E-state index in [1.807, 2.05) is 0 Å². The molecule has 0 spiro atoms. The zero-order valence-corrected chi connectivity index (χ0v) is 7.55. The van der Waals surface area contributed by atoms with E-state index < -0.39 is 0 Å². The van der Waals surface area contributed by atoms with Crippen molar-refractivity contribution < 1.29 is 17.1 Å². The topological polar surface area (TPSA) is 6.48 Å². The summed E-state index contributed by atoms with van der Waals surface area (Å²) < 4.78 is 0. The summed E-state index contributed by atoms with van der Waals surface area (Å²) in [6.45, 7) is 6.51. The molecule has 0 aliphatic heterocycles. The smallest absolute Gasteiger partial charge is 0.0104 e. The van der Waals surface area contributed by atoms with Gasteiger partial charge in [0, 0.05) is 44.3 Å². The molecule has 3 heteroatoms. The zero-order valence-electron chi connectivity index (χ0n) is 6.61. The third kappa shape index (κ3) is 4.91. The third-order valence-electron chi connectivity index (χ3n) is 1.30. The van der Waals surface area contributed by atoms with Crippen molar-refractivity contribution in [1.29, 1.82) is 0 Å². The van der Waals surface area contributed by atoms with Crippen LogP contribution in [-0.4, -0.2) is 37.2 Å². The molecular weight excluding hydrogens is 164 g/mol. The molecule has 2 nitrogen and oxygen atoms in total. The summed E-state index contributed by atoms with van der Waals surface area (Å²) >= 11 is 0. The summed E-state index contributed by atoms with van der Waals surface area (Å²) in [5, 5.41) is 4.36. The molecule has 0 saturated carbocycles. The van der Waals surface area contributed by atoms with Gasteiger partial charge in [-0.2, -0.15) is 0 Å². The van der Waals surface area contributed by atoms with Crippen LogP contribution in [0.3, 0.4) is 0 Å². The Morgan fingerprint density at radius 2 is 1.33 bits per heavy atom. The van der Waals surface area contributed by atoms with E-state index in [2.05, 4.69) is 38.0 Å². The molecule has 0 fully saturated rings. The Morgan fingerprint density at radius 1 is 1.00 bits per heavy atom. The van der Waals surface area contributed by atoms with Crippen LogP contribution < -0.4 is 0 Å². The van der Waals surface area contributed by atoms with Crippen molar-refractivity contribution in [3.63, 3.8) is 0 Å². The SMILES string of the molecule is CCN(CC)N(C)C.[Cu]. The molecule has 0 heterocycles. The second-order valence-electron chi connectivity index (χ2n) is 1.99. The molecule has 0 amide bonds. The quantitative estimate of drug-likeness (QED) is 0.468. The number of rotatable bonds is 3. The Bertz CT molecular complexity index is 53.0. The van der Waals surface area contributed by atoms with Crippen LogP contribution in [0.1, 0.15) is 13.8 Å². The fourth-order valence-electron chi connectivity index (χ4n) is 0.789. The molecule has 9 heavy (non-hydrogen) atoms. The van der Waals surface area contributed by atoms with Crippen molar-refractivity contribution in [2.45, 2.75) is 13.8 Å². The van der Waals surface area contributed by atoms with Crippen molar-refractivity contribution in [1.82, 2.24) is 10.0 Å². The minimum absolute atomic E-state index is 0. The molecule has 0 aliphatic carbocycles. The number of nitrogens with zero attached hydrogens (tertiary/aromatic N) is 2. The van der Waals surface area contributed by atoms with E-state index in [4.69, 9.17) is 0 Å². The Labute approximate surface area is 68.6 Å². The summed E-state index contributed by atoms with van der Waals surface area (Å²) in [4.78, 5) is 0. The number of hydrazine groups is 1. The van der Waals surface area contributed by atoms with Gasteiger partial charge in [-0.15, -0.1) is 0 Å². The van der Waals surface area contributed by atoms with Crippen LogP contribution in [0.5, 0.6) is 0 Å². The van der Waals surface area contributed by atoms with Gasteiger partial charge in [-0.3, -0.25) is 0 Å². The third-order valence-corrected chi connectivity index (χ3v) is 1.30. The molecule has 0 aromatic heterocycles. The second kappa shape index (κ2) is 6.56. The predicted molar refractivity (Wildman–Crippen MR) is 36.6 cm³/mol. The monoisotopic (exact) mass is 179 g/mol. The van der Waals surface area contributed by atoms with Crippen LogP contribution in [0, 0.1) is 0 Å². The Balaban J connectivity index is 0. The normalized spacial score (nSPS) is 10.0. The fraction of sp³-hybridized carbons (Fsp3) is 1.00. The molecule has 0 atom stereocenters. The van der Waals surface area contributed by atoms with Crippen LogP contribution in [0.2, 0.25) is 0 Å². The van der Waals surface area contributed by atoms with E-state index >= 15 is 0 Å². The van der Waals surface area contributed by atoms with Crippen LogP contribution in [0.25, 0.3) is 0 Å². The first-order valence-electron chi connectivity index (χ1n) is 3.14. The van der Waals surface area contributed by atoms with E-state index in [-0.39, 0.29) is 17.1 Å². The van der Waals surface area contributed by atoms with Gasteiger partial charge in [-0.05, 0) is 0 Å². The minimum atomic E-state index is 0. The van der Waals surface area contributed by atoms with Gasteiger partial charge in [-0.25, -0.2) is 10.0 Å². The summed E-state index contributed by atoms with van der Waals surface area (Å²) in [5.41, 5.74) is 0. The van der Waals surface area contributed by atoms with Gasteiger partial charge < -0.3 is 0 Å². The average molecular weight is 180 g/mol. The van der Waals surface area contributed by atoms with Crippen molar-refractivity contribution in [2.75, 3.05) is 27.2 Å². The first-order chi connectivity index (χ1) is 3.72. The maximum atomic E-state index is 2.25. The van der Waals surface area contributed by atoms with Crippen molar-refractivity contribution in [3.8, 4) is 0 Å². The zero-order chi connectivity index (χ0) is 6.57. The van der Waals surface area contributed by atoms with E-state index in [1.165, 1.54) is 0 Å². The minimum Gasteiger partial charge on any atom is -0.248 e. The Kier molecular flexibility index (Phi) is 8.85. The molecular formula is C6H16CuN2. The average Bonchev–Trinajstić information content (AvgIpc) is 1.69. The molecule has 0 N–H and O–H groups in total. The van der Waals surface area contributed by atoms with E-state index in [9.17, 15) is 0 Å². The number of hydrogen-bond donors (Lipinski definition) is 0. The van der Waals surface area contributed by atoms with Crippen molar-refractivity contribution >= 4 is 0 Å². The summed E-state index contributed by atoms with van der Waals surface area (Å²) in [5.74, 6) is 0. The van der Waals surface area contributed by atoms with Crippen LogP contribution in [-0.2, 0) is 17.1 Å². The molecule has 0 aromatic carbocycles. The Hall–Kier alpha value is 0.439. The van der Waals surface area contributed by atoms with Gasteiger partial charge >= 0.3 is 0 Å². The Morgan fingerprint density at radius 3 is 1.33 bits per heavy atom. The van der Waals surface area contributed by atoms with Gasteiger partial charge in [0.2, 0.25) is 0 Å². The second-order valence-corrected chi connectivity index (χ2v) is 1.99. The van der Waals surface area contributed by atoms with Gasteiger partial charge in [0.05, 0.1) is 0 Å². The van der Waals surface area contributed by atoms with Crippen LogP contribution >= 0.6 is 0 Å². The summed E-state index contributed by atoms with van der Waals surface area (Å²) in [7, 11) is 4.12. The standard InChI is InChI=1S/C6H16N2.Cu/c1-5-8(6-2)7(3)4;/h5-6H2,1-4H3;. The van der Waals surface area contributed by atoms with E-state index in [1.54, 1.807) is 0 Å². The molecule has 0 saturated heterocycles. The predicted octanol–water partition coefficient (Wildman–Crippen LogP) is 0.802. The van der Waals surface area contributed by atoms with Gasteiger partial charge in [0.25, 0.3) is 0 Å². The summed E-state index contributed by atoms with van der Waals surface area (Å²) in [6.07, 6.45) is 0. The molecule has 0 unspecified atom stereocenters. The first-order valence-corrected chi connectivity index (χ1v) is 3.14. The van der Waals surface area contributed by atoms with Gasteiger partial charge in [-0.1, -0.05) is 13.8 Å². The largest absolute Gasteiger partial charge is 0.248 e. The summed E-state index contributed by atoms with van der Waals surface area (Å²) in [6, 6.07) is 0. The first kappa shape index (κ1) is 12.1. The van der Waals surface area contributed by atoms with Crippen LogP contribution in [0.15, 0.2) is 0 Å². The fourth-order valence-corrected chi connectivity index (χ4v) is 0.789. The van der Waals surface area contributed by atoms with Crippen LogP contribution in [0.4, 0.5) is 0 Å². The number of hydrogen-bond acceptors (Lipinski definition) is 2. The molecule has 0 aliphatic rings. The van der Waals surface area contributed by atoms with E-state index in [0.29, 0.717) is 0 Å². The van der Waals surface area contributed by atoms with Gasteiger partial charge in [0.1, 0.15) is 0 Å². The maximum Gasteiger partial charge on any atom is 0.0104 e. The van der Waals surface area contributed by atoms with Gasteiger partial charge in [0.15, 0.2) is 0 Å². The van der Waals surface area contributed by atoms with Crippen molar-refractivity contribution in [2.24, 2.45) is 0 Å². The van der Waals surface area contributed by atoms with Crippen molar-refractivity contribution in [3.05, 3.63) is 0 Å². The maximum absolute atomic E-state index is 2.25. The molecule has 61 valence electrons. The molecule has 0 rings (SSSR count). The molecule has 1 radical (unpaired) electrons. The van der Waals surface area contributed by atoms with E-state index in [0.717, 1.165) is 13.1 Å².